The van der Waals surface area contributed by atoms with Gasteiger partial charge in [0.25, 0.3) is 5.91 Å². The molecule has 0 aromatic carbocycles. The summed E-state index contributed by atoms with van der Waals surface area (Å²) in [6.45, 7) is 2.42. The number of pyridine rings is 1. The summed E-state index contributed by atoms with van der Waals surface area (Å²) in [6, 6.07) is 3.25. The second-order valence-electron chi connectivity index (χ2n) is 4.73. The molecular formula is C12H15N3O4. The quantitative estimate of drug-likeness (QED) is 0.767. The second-order valence-corrected chi connectivity index (χ2v) is 4.73. The first-order chi connectivity index (χ1) is 8.91. The molecule has 1 aromatic heterocycles. The molecule has 102 valence electrons. The summed E-state index contributed by atoms with van der Waals surface area (Å²) in [4.78, 5) is 27.7. The highest BCUT2D eigenvalue weighted by molar-refractivity contribution is 5.97. The summed E-state index contributed by atoms with van der Waals surface area (Å²) in [5.41, 5.74) is 5.10. The molecule has 1 amide bonds. The van der Waals surface area contributed by atoms with E-state index >= 15 is 0 Å². The van der Waals surface area contributed by atoms with Gasteiger partial charge < -0.3 is 20.5 Å². The van der Waals surface area contributed by atoms with Crippen LogP contribution >= 0.6 is 0 Å². The summed E-state index contributed by atoms with van der Waals surface area (Å²) in [7, 11) is 0. The van der Waals surface area contributed by atoms with E-state index in [1.807, 2.05) is 11.8 Å². The molecule has 1 aromatic rings. The predicted octanol–water partition coefficient (Wildman–Crippen LogP) is -0.140. The topological polar surface area (TPSA) is 106 Å². The van der Waals surface area contributed by atoms with E-state index in [0.29, 0.717) is 24.5 Å². The highest BCUT2D eigenvalue weighted by atomic mass is 16.5. The monoisotopic (exact) mass is 265 g/mol. The van der Waals surface area contributed by atoms with Crippen molar-refractivity contribution in [2.75, 3.05) is 24.6 Å². The number of hydrogen-bond acceptors (Lipinski definition) is 5. The minimum Gasteiger partial charge on any atom is -0.480 e. The van der Waals surface area contributed by atoms with Gasteiger partial charge in [0, 0.05) is 6.20 Å². The number of nitrogens with two attached hydrogens (primary N) is 1. The van der Waals surface area contributed by atoms with Crippen LogP contribution in [0.2, 0.25) is 0 Å². The molecule has 1 aliphatic heterocycles. The number of ether oxygens (including phenoxy) is 1. The Morgan fingerprint density at radius 3 is 2.84 bits per heavy atom. The first-order valence-electron chi connectivity index (χ1n) is 5.77. The molecule has 3 N–H and O–H groups in total. The van der Waals surface area contributed by atoms with E-state index in [0.717, 1.165) is 0 Å². The lowest BCUT2D eigenvalue weighted by atomic mass is 9.95. The van der Waals surface area contributed by atoms with E-state index in [4.69, 9.17) is 15.6 Å². The average molecular weight is 265 g/mol. The number of aromatic nitrogens is 1. The Morgan fingerprint density at radius 2 is 2.26 bits per heavy atom. The molecule has 2 heterocycles. The lowest BCUT2D eigenvalue weighted by Gasteiger charge is -2.48. The van der Waals surface area contributed by atoms with Crippen LogP contribution in [0.25, 0.3) is 0 Å². The summed E-state index contributed by atoms with van der Waals surface area (Å²) in [5, 5.41) is 8.58. The normalized spacial score (nSPS) is 16.8. The van der Waals surface area contributed by atoms with Gasteiger partial charge in [-0.05, 0) is 19.1 Å². The lowest BCUT2D eigenvalue weighted by molar-refractivity contribution is -0.150. The molecule has 7 nitrogen and oxygen atoms in total. The van der Waals surface area contributed by atoms with Crippen LogP contribution in [0.1, 0.15) is 17.3 Å². The van der Waals surface area contributed by atoms with Gasteiger partial charge in [0.2, 0.25) is 0 Å². The average Bonchev–Trinajstić information content (AvgIpc) is 2.33. The van der Waals surface area contributed by atoms with Crippen molar-refractivity contribution < 1.29 is 19.4 Å². The molecule has 1 aliphatic rings. The maximum absolute atomic E-state index is 11.3. The molecule has 19 heavy (non-hydrogen) atoms. The predicted molar refractivity (Wildman–Crippen MR) is 67.0 cm³/mol. The van der Waals surface area contributed by atoms with Crippen molar-refractivity contribution in [1.29, 1.82) is 0 Å². The van der Waals surface area contributed by atoms with Crippen molar-refractivity contribution >= 4 is 17.7 Å². The molecule has 2 rings (SSSR count). The van der Waals surface area contributed by atoms with Crippen LogP contribution in [0.5, 0.6) is 0 Å². The third kappa shape index (κ3) is 2.82. The fourth-order valence-electron chi connectivity index (χ4n) is 2.08. The number of primary amides is 1. The first kappa shape index (κ1) is 13.3. The summed E-state index contributed by atoms with van der Waals surface area (Å²) in [6.07, 6.45) is 1.58. The standard InChI is InChI=1S/C12H15N3O4/c1-12(19-5-9(16)17)6-15(7-12)11-8(10(13)18)3-2-4-14-11/h2-4H,5-7H2,1H3,(H2,13,18)(H,16,17). The molecule has 0 atom stereocenters. The van der Waals surface area contributed by atoms with E-state index in [9.17, 15) is 9.59 Å². The van der Waals surface area contributed by atoms with Crippen molar-refractivity contribution in [2.45, 2.75) is 12.5 Å². The van der Waals surface area contributed by atoms with Gasteiger partial charge in [-0.1, -0.05) is 0 Å². The molecule has 0 radical (unpaired) electrons. The summed E-state index contributed by atoms with van der Waals surface area (Å²) in [5.74, 6) is -1.04. The number of amides is 1. The van der Waals surface area contributed by atoms with Gasteiger partial charge in [0.15, 0.2) is 0 Å². The molecular weight excluding hydrogens is 250 g/mol. The Morgan fingerprint density at radius 1 is 1.58 bits per heavy atom. The summed E-state index contributed by atoms with van der Waals surface area (Å²) < 4.78 is 5.29. The van der Waals surface area contributed by atoms with Gasteiger partial charge >= 0.3 is 5.97 Å². The number of carbonyl (C=O) groups is 2. The largest absolute Gasteiger partial charge is 0.480 e. The Bertz CT molecular complexity index is 511. The van der Waals surface area contributed by atoms with Gasteiger partial charge in [-0.25, -0.2) is 9.78 Å². The number of carboxylic acids is 1. The number of hydrogen-bond donors (Lipinski definition) is 2. The minimum atomic E-state index is -1.00. The smallest absolute Gasteiger partial charge is 0.329 e. The number of carbonyl (C=O) groups excluding carboxylic acids is 1. The number of aliphatic carboxylic acids is 1. The minimum absolute atomic E-state index is 0.338. The van der Waals surface area contributed by atoms with Crippen molar-refractivity contribution in [2.24, 2.45) is 5.73 Å². The van der Waals surface area contributed by atoms with Crippen molar-refractivity contribution in [1.82, 2.24) is 4.98 Å². The molecule has 0 aliphatic carbocycles. The van der Waals surface area contributed by atoms with Gasteiger partial charge in [-0.2, -0.15) is 0 Å². The van der Waals surface area contributed by atoms with Crippen LogP contribution in [0.15, 0.2) is 18.3 Å². The van der Waals surface area contributed by atoms with Gasteiger partial charge in [-0.15, -0.1) is 0 Å². The zero-order valence-corrected chi connectivity index (χ0v) is 10.5. The van der Waals surface area contributed by atoms with Crippen molar-refractivity contribution in [3.05, 3.63) is 23.9 Å². The molecule has 7 heteroatoms. The van der Waals surface area contributed by atoms with E-state index in [2.05, 4.69) is 4.98 Å². The third-order valence-electron chi connectivity index (χ3n) is 2.95. The number of carboxylic acid groups (broad SMARTS) is 1. The maximum atomic E-state index is 11.3. The van der Waals surface area contributed by atoms with Crippen LogP contribution in [0.3, 0.4) is 0 Å². The van der Waals surface area contributed by atoms with Gasteiger partial charge in [-0.3, -0.25) is 4.79 Å². The SMILES string of the molecule is CC1(OCC(=O)O)CN(c2ncccc2C(N)=O)C1. The van der Waals surface area contributed by atoms with Crippen LogP contribution in [-0.2, 0) is 9.53 Å². The number of anilines is 1. The van der Waals surface area contributed by atoms with Crippen molar-refractivity contribution in [3.8, 4) is 0 Å². The summed E-state index contributed by atoms with van der Waals surface area (Å²) >= 11 is 0. The lowest BCUT2D eigenvalue weighted by Crippen LogP contribution is -2.62. The molecule has 1 saturated heterocycles. The Balaban J connectivity index is 2.04. The van der Waals surface area contributed by atoms with Crippen LogP contribution in [0, 0.1) is 0 Å². The van der Waals surface area contributed by atoms with Gasteiger partial charge in [0.05, 0.1) is 18.7 Å². The highest BCUT2D eigenvalue weighted by Gasteiger charge is 2.41. The number of nitrogens with zero attached hydrogens (tertiary/aromatic N) is 2. The maximum Gasteiger partial charge on any atom is 0.329 e. The van der Waals surface area contributed by atoms with Crippen LogP contribution in [0.4, 0.5) is 5.82 Å². The highest BCUT2D eigenvalue weighted by Crippen LogP contribution is 2.30. The zero-order chi connectivity index (χ0) is 14.0. The number of rotatable bonds is 5. The zero-order valence-electron chi connectivity index (χ0n) is 10.5. The third-order valence-corrected chi connectivity index (χ3v) is 2.95. The molecule has 0 saturated carbocycles. The Labute approximate surface area is 110 Å². The van der Waals surface area contributed by atoms with Gasteiger partial charge in [0.1, 0.15) is 18.0 Å². The fourth-order valence-corrected chi connectivity index (χ4v) is 2.08. The van der Waals surface area contributed by atoms with E-state index < -0.39 is 17.5 Å². The van der Waals surface area contributed by atoms with E-state index in [1.165, 1.54) is 0 Å². The first-order valence-corrected chi connectivity index (χ1v) is 5.77. The second kappa shape index (κ2) is 4.85. The fraction of sp³-hybridized carbons (Fsp3) is 0.417. The van der Waals surface area contributed by atoms with Crippen LogP contribution < -0.4 is 10.6 Å². The van der Waals surface area contributed by atoms with E-state index in [-0.39, 0.29) is 6.61 Å². The molecule has 0 unspecified atom stereocenters. The molecule has 0 bridgehead atoms. The van der Waals surface area contributed by atoms with Crippen LogP contribution in [-0.4, -0.2) is 47.3 Å². The molecule has 1 fully saturated rings. The molecule has 0 spiro atoms. The Kier molecular flexibility index (Phi) is 3.39. The van der Waals surface area contributed by atoms with E-state index in [1.54, 1.807) is 18.3 Å². The van der Waals surface area contributed by atoms with Crippen molar-refractivity contribution in [3.63, 3.8) is 0 Å². The Hall–Kier alpha value is -2.15.